The molecule has 7 heteroatoms. The van der Waals surface area contributed by atoms with E-state index in [2.05, 4.69) is 33.9 Å². The van der Waals surface area contributed by atoms with E-state index >= 15 is 0 Å². The number of ketones is 1. The number of benzene rings is 2. The molecule has 0 atom stereocenters. The number of hydrogen-bond donors (Lipinski definition) is 2. The van der Waals surface area contributed by atoms with Crippen molar-refractivity contribution in [1.82, 2.24) is 0 Å². The standard InChI is InChI=1S/C14H11BrN2O3S/c1-8(18)9-6-7-11(17(19)20)14(13(9)15)16-10-4-2-3-5-12(10)21/h2-7,16,21H,1H3. The monoisotopic (exact) mass is 366 g/mol. The van der Waals surface area contributed by atoms with Gasteiger partial charge < -0.3 is 5.32 Å². The molecular formula is C14H11BrN2O3S. The van der Waals surface area contributed by atoms with Gasteiger partial charge >= 0.3 is 0 Å². The van der Waals surface area contributed by atoms with Gasteiger partial charge in [-0.3, -0.25) is 14.9 Å². The lowest BCUT2D eigenvalue weighted by atomic mass is 10.1. The Morgan fingerprint density at radius 3 is 2.52 bits per heavy atom. The smallest absolute Gasteiger partial charge is 0.293 e. The first-order chi connectivity index (χ1) is 9.91. The third kappa shape index (κ3) is 3.25. The summed E-state index contributed by atoms with van der Waals surface area (Å²) in [5, 5.41) is 14.1. The summed E-state index contributed by atoms with van der Waals surface area (Å²) in [6.07, 6.45) is 0. The van der Waals surface area contributed by atoms with Crippen LogP contribution in [0.3, 0.4) is 0 Å². The number of nitro groups is 1. The second-order valence-corrected chi connectivity index (χ2v) is 5.55. The number of nitro benzene ring substituents is 1. The number of para-hydroxylation sites is 1. The number of thiol groups is 1. The molecule has 0 aliphatic heterocycles. The number of rotatable bonds is 4. The lowest BCUT2D eigenvalue weighted by Gasteiger charge is -2.12. The lowest BCUT2D eigenvalue weighted by molar-refractivity contribution is -0.384. The van der Waals surface area contributed by atoms with Gasteiger partial charge in [0.15, 0.2) is 5.78 Å². The van der Waals surface area contributed by atoms with Crippen LogP contribution in [0.15, 0.2) is 45.8 Å². The molecule has 2 aromatic rings. The molecule has 0 saturated carbocycles. The molecule has 2 rings (SSSR count). The van der Waals surface area contributed by atoms with Crippen molar-refractivity contribution in [3.63, 3.8) is 0 Å². The number of hydrogen-bond acceptors (Lipinski definition) is 5. The number of halogens is 1. The van der Waals surface area contributed by atoms with Gasteiger partial charge in [0.05, 0.1) is 15.1 Å². The number of carbonyl (C=O) groups is 1. The molecule has 21 heavy (non-hydrogen) atoms. The van der Waals surface area contributed by atoms with Crippen molar-refractivity contribution >= 4 is 51.4 Å². The van der Waals surface area contributed by atoms with E-state index in [0.717, 1.165) is 0 Å². The van der Waals surface area contributed by atoms with E-state index in [4.69, 9.17) is 0 Å². The fraction of sp³-hybridized carbons (Fsp3) is 0.0714. The summed E-state index contributed by atoms with van der Waals surface area (Å²) in [6, 6.07) is 9.85. The van der Waals surface area contributed by atoms with E-state index in [1.807, 2.05) is 6.07 Å². The van der Waals surface area contributed by atoms with Crippen LogP contribution in [0.5, 0.6) is 0 Å². The van der Waals surface area contributed by atoms with Crippen LogP contribution in [0.25, 0.3) is 0 Å². The van der Waals surface area contributed by atoms with Crippen molar-refractivity contribution in [3.8, 4) is 0 Å². The zero-order valence-corrected chi connectivity index (χ0v) is 13.4. The quantitative estimate of drug-likeness (QED) is 0.359. The van der Waals surface area contributed by atoms with Crippen LogP contribution in [-0.2, 0) is 0 Å². The van der Waals surface area contributed by atoms with E-state index in [9.17, 15) is 14.9 Å². The summed E-state index contributed by atoms with van der Waals surface area (Å²) in [7, 11) is 0. The van der Waals surface area contributed by atoms with Gasteiger partial charge in [-0.25, -0.2) is 0 Å². The molecule has 2 aromatic carbocycles. The van der Waals surface area contributed by atoms with Crippen LogP contribution in [0, 0.1) is 10.1 Å². The molecule has 0 aliphatic carbocycles. The van der Waals surface area contributed by atoms with Crippen molar-refractivity contribution in [1.29, 1.82) is 0 Å². The molecule has 0 unspecified atom stereocenters. The molecule has 0 spiro atoms. The molecule has 0 saturated heterocycles. The molecule has 0 aromatic heterocycles. The van der Waals surface area contributed by atoms with Crippen LogP contribution >= 0.6 is 28.6 Å². The fourth-order valence-electron chi connectivity index (χ4n) is 1.82. The molecule has 108 valence electrons. The maximum atomic E-state index is 11.6. The predicted octanol–water partition coefficient (Wildman–Crippen LogP) is 4.59. The molecule has 1 N–H and O–H groups in total. The van der Waals surface area contributed by atoms with Crippen LogP contribution in [0.1, 0.15) is 17.3 Å². The molecule has 0 radical (unpaired) electrons. The highest BCUT2D eigenvalue weighted by molar-refractivity contribution is 9.10. The molecular weight excluding hydrogens is 356 g/mol. The van der Waals surface area contributed by atoms with Crippen LogP contribution in [0.2, 0.25) is 0 Å². The summed E-state index contributed by atoms with van der Waals surface area (Å²) < 4.78 is 0.362. The van der Waals surface area contributed by atoms with Gasteiger partial charge in [-0.05, 0) is 41.1 Å². The minimum Gasteiger partial charge on any atom is -0.348 e. The molecule has 0 fully saturated rings. The van der Waals surface area contributed by atoms with Crippen molar-refractivity contribution in [2.45, 2.75) is 11.8 Å². The van der Waals surface area contributed by atoms with Crippen molar-refractivity contribution in [2.24, 2.45) is 0 Å². The molecule has 0 heterocycles. The highest BCUT2D eigenvalue weighted by Crippen LogP contribution is 2.38. The second kappa shape index (κ2) is 6.28. The summed E-state index contributed by atoms with van der Waals surface area (Å²) in [6.45, 7) is 1.41. The number of Topliss-reactive ketones (excluding diaryl/α,β-unsaturated/α-hetero) is 1. The predicted molar refractivity (Wildman–Crippen MR) is 87.8 cm³/mol. The van der Waals surface area contributed by atoms with Crippen LogP contribution in [-0.4, -0.2) is 10.7 Å². The number of nitrogens with one attached hydrogen (secondary N) is 1. The van der Waals surface area contributed by atoms with Crippen molar-refractivity contribution in [2.75, 3.05) is 5.32 Å². The number of carbonyl (C=O) groups excluding carboxylic acids is 1. The summed E-state index contributed by atoms with van der Waals surface area (Å²) in [5.41, 5.74) is 1.10. The van der Waals surface area contributed by atoms with Crippen molar-refractivity contribution < 1.29 is 9.72 Å². The summed E-state index contributed by atoms with van der Waals surface area (Å²) in [5.74, 6) is -0.181. The zero-order valence-electron chi connectivity index (χ0n) is 11.0. The van der Waals surface area contributed by atoms with Gasteiger partial charge in [0, 0.05) is 16.5 Å². The SMILES string of the molecule is CC(=O)c1ccc([N+](=O)[O-])c(Nc2ccccc2S)c1Br. The Labute approximate surface area is 135 Å². The Hall–Kier alpha value is -1.86. The fourth-order valence-corrected chi connectivity index (χ4v) is 2.75. The van der Waals surface area contributed by atoms with Crippen molar-refractivity contribution in [3.05, 3.63) is 56.5 Å². The van der Waals surface area contributed by atoms with Gasteiger partial charge in [-0.2, -0.15) is 0 Å². The number of nitrogens with zero attached hydrogens (tertiary/aromatic N) is 1. The maximum Gasteiger partial charge on any atom is 0.293 e. The van der Waals surface area contributed by atoms with Gasteiger partial charge in [0.1, 0.15) is 5.69 Å². The van der Waals surface area contributed by atoms with Gasteiger partial charge in [0.2, 0.25) is 0 Å². The van der Waals surface area contributed by atoms with E-state index < -0.39 is 4.92 Å². The van der Waals surface area contributed by atoms with E-state index in [-0.39, 0.29) is 17.2 Å². The second-order valence-electron chi connectivity index (χ2n) is 4.28. The first kappa shape index (κ1) is 15.5. The largest absolute Gasteiger partial charge is 0.348 e. The summed E-state index contributed by atoms with van der Waals surface area (Å²) in [4.78, 5) is 22.9. The highest BCUT2D eigenvalue weighted by atomic mass is 79.9. The lowest BCUT2D eigenvalue weighted by Crippen LogP contribution is -2.03. The van der Waals surface area contributed by atoms with Crippen LogP contribution in [0.4, 0.5) is 17.1 Å². The molecule has 0 aliphatic rings. The Morgan fingerprint density at radius 1 is 1.29 bits per heavy atom. The topological polar surface area (TPSA) is 72.2 Å². The minimum atomic E-state index is -0.502. The minimum absolute atomic E-state index is 0.122. The molecule has 0 amide bonds. The molecule has 0 bridgehead atoms. The average Bonchev–Trinajstić information content (AvgIpc) is 2.42. The van der Waals surface area contributed by atoms with Gasteiger partial charge in [-0.15, -0.1) is 12.6 Å². The van der Waals surface area contributed by atoms with Gasteiger partial charge in [0.25, 0.3) is 5.69 Å². The molecule has 5 nitrogen and oxygen atoms in total. The van der Waals surface area contributed by atoms with E-state index in [0.29, 0.717) is 20.6 Å². The normalized spacial score (nSPS) is 10.2. The highest BCUT2D eigenvalue weighted by Gasteiger charge is 2.21. The Kier molecular flexibility index (Phi) is 4.64. The van der Waals surface area contributed by atoms with E-state index in [1.165, 1.54) is 19.1 Å². The Morgan fingerprint density at radius 2 is 1.95 bits per heavy atom. The third-order valence-electron chi connectivity index (χ3n) is 2.86. The Bertz CT molecular complexity index is 734. The first-order valence-corrected chi connectivity index (χ1v) is 7.18. The third-order valence-corrected chi connectivity index (χ3v) is 4.07. The van der Waals surface area contributed by atoms with E-state index in [1.54, 1.807) is 18.2 Å². The maximum absolute atomic E-state index is 11.6. The van der Waals surface area contributed by atoms with Gasteiger partial charge in [-0.1, -0.05) is 12.1 Å². The first-order valence-electron chi connectivity index (χ1n) is 5.94. The number of anilines is 2. The van der Waals surface area contributed by atoms with Crippen LogP contribution < -0.4 is 5.32 Å². The Balaban J connectivity index is 2.59. The zero-order chi connectivity index (χ0) is 15.6. The summed E-state index contributed by atoms with van der Waals surface area (Å²) >= 11 is 7.57. The average molecular weight is 367 g/mol.